The van der Waals surface area contributed by atoms with Crippen molar-refractivity contribution >= 4 is 51.2 Å². The highest BCUT2D eigenvalue weighted by Gasteiger charge is 2.14. The van der Waals surface area contributed by atoms with Crippen LogP contribution in [0.2, 0.25) is 5.02 Å². The van der Waals surface area contributed by atoms with Gasteiger partial charge >= 0.3 is 0 Å². The van der Waals surface area contributed by atoms with Crippen LogP contribution < -0.4 is 5.73 Å². The van der Waals surface area contributed by atoms with E-state index in [1.165, 1.54) is 0 Å². The molecular weight excluding hydrogens is 361 g/mol. The van der Waals surface area contributed by atoms with Crippen molar-refractivity contribution in [3.63, 3.8) is 0 Å². The first-order chi connectivity index (χ1) is 8.68. The van der Waals surface area contributed by atoms with Gasteiger partial charge in [-0.05, 0) is 46.9 Å². The van der Waals surface area contributed by atoms with Crippen LogP contribution in [0.5, 0.6) is 0 Å². The summed E-state index contributed by atoms with van der Waals surface area (Å²) in [5.41, 5.74) is 8.66. The van der Waals surface area contributed by atoms with Crippen molar-refractivity contribution in [3.05, 3.63) is 51.1 Å². The Hall–Kier alpha value is -1.27. The van der Waals surface area contributed by atoms with Gasteiger partial charge in [-0.3, -0.25) is 4.57 Å². The highest BCUT2D eigenvalue weighted by molar-refractivity contribution is 14.1. The molecule has 0 unspecified atom stereocenters. The lowest BCUT2D eigenvalue weighted by Crippen LogP contribution is -2.02. The third kappa shape index (κ3) is 1.76. The number of hydrogen-bond acceptors (Lipinski definition) is 2. The van der Waals surface area contributed by atoms with Gasteiger partial charge in [0.2, 0.25) is 5.95 Å². The largest absolute Gasteiger partial charge is 0.369 e. The average molecular weight is 370 g/mol. The number of hydrogen-bond donors (Lipinski definition) is 1. The van der Waals surface area contributed by atoms with Gasteiger partial charge in [0.1, 0.15) is 0 Å². The number of rotatable bonds is 1. The molecule has 0 spiro atoms. The van der Waals surface area contributed by atoms with Crippen LogP contribution in [0, 0.1) is 3.57 Å². The number of imidazole rings is 1. The molecule has 0 saturated carbocycles. The molecule has 0 saturated heterocycles. The van der Waals surface area contributed by atoms with E-state index >= 15 is 0 Å². The number of halogens is 2. The molecule has 3 rings (SSSR count). The maximum Gasteiger partial charge on any atom is 0.206 e. The van der Waals surface area contributed by atoms with Gasteiger partial charge in [0.25, 0.3) is 0 Å². The van der Waals surface area contributed by atoms with Crippen molar-refractivity contribution in [2.24, 2.45) is 0 Å². The number of nitrogen functional groups attached to an aromatic ring is 1. The summed E-state index contributed by atoms with van der Waals surface area (Å²) in [6, 6.07) is 13.6. The third-order valence-electron chi connectivity index (χ3n) is 2.75. The smallest absolute Gasteiger partial charge is 0.206 e. The van der Waals surface area contributed by atoms with Gasteiger partial charge in [-0.15, -0.1) is 0 Å². The monoisotopic (exact) mass is 369 g/mol. The summed E-state index contributed by atoms with van der Waals surface area (Å²) >= 11 is 8.53. The summed E-state index contributed by atoms with van der Waals surface area (Å²) in [6.07, 6.45) is 0. The van der Waals surface area contributed by atoms with E-state index in [1.54, 1.807) is 0 Å². The summed E-state index contributed by atoms with van der Waals surface area (Å²) in [5.74, 6) is 0.446. The molecule has 0 aliphatic heterocycles. The van der Waals surface area contributed by atoms with Crippen LogP contribution in [0.3, 0.4) is 0 Å². The van der Waals surface area contributed by atoms with Gasteiger partial charge in [-0.25, -0.2) is 4.98 Å². The van der Waals surface area contributed by atoms with Gasteiger partial charge in [0.05, 0.1) is 21.7 Å². The fourth-order valence-electron chi connectivity index (χ4n) is 1.98. The first kappa shape index (κ1) is 11.8. The van der Waals surface area contributed by atoms with Crippen LogP contribution in [-0.4, -0.2) is 9.55 Å². The van der Waals surface area contributed by atoms with Crippen LogP contribution >= 0.6 is 34.2 Å². The molecule has 90 valence electrons. The van der Waals surface area contributed by atoms with Crippen molar-refractivity contribution in [3.8, 4) is 5.69 Å². The van der Waals surface area contributed by atoms with Crippen molar-refractivity contribution in [2.75, 3.05) is 5.73 Å². The number of aromatic nitrogens is 2. The number of benzene rings is 2. The molecule has 2 N–H and O–H groups in total. The lowest BCUT2D eigenvalue weighted by Gasteiger charge is -2.09. The molecule has 3 aromatic rings. The molecule has 2 aromatic carbocycles. The Balaban J connectivity index is 2.43. The van der Waals surface area contributed by atoms with Gasteiger partial charge in [-0.1, -0.05) is 29.8 Å². The fraction of sp³-hybridized carbons (Fsp3) is 0. The van der Waals surface area contributed by atoms with Gasteiger partial charge < -0.3 is 5.73 Å². The van der Waals surface area contributed by atoms with E-state index in [2.05, 4.69) is 27.6 Å². The van der Waals surface area contributed by atoms with Gasteiger partial charge in [0.15, 0.2) is 0 Å². The molecule has 0 radical (unpaired) electrons. The minimum Gasteiger partial charge on any atom is -0.369 e. The average Bonchev–Trinajstić information content (AvgIpc) is 2.68. The Labute approximate surface area is 123 Å². The van der Waals surface area contributed by atoms with Crippen molar-refractivity contribution in [1.29, 1.82) is 0 Å². The van der Waals surface area contributed by atoms with E-state index in [9.17, 15) is 0 Å². The minimum atomic E-state index is 0.446. The Kier molecular flexibility index (Phi) is 2.91. The fourth-order valence-corrected chi connectivity index (χ4v) is 2.86. The molecule has 3 nitrogen and oxygen atoms in total. The zero-order valence-corrected chi connectivity index (χ0v) is 12.2. The molecule has 1 aromatic heterocycles. The molecule has 5 heteroatoms. The Morgan fingerprint density at radius 3 is 2.67 bits per heavy atom. The topological polar surface area (TPSA) is 43.8 Å². The van der Waals surface area contributed by atoms with E-state index in [0.29, 0.717) is 11.0 Å². The second-order valence-electron chi connectivity index (χ2n) is 3.86. The van der Waals surface area contributed by atoms with Crippen molar-refractivity contribution in [2.45, 2.75) is 0 Å². The van der Waals surface area contributed by atoms with Crippen LogP contribution in [0.4, 0.5) is 5.95 Å². The first-order valence-corrected chi connectivity index (χ1v) is 6.81. The summed E-state index contributed by atoms with van der Waals surface area (Å²) in [7, 11) is 0. The Morgan fingerprint density at radius 2 is 1.89 bits per heavy atom. The van der Waals surface area contributed by atoms with E-state index < -0.39 is 0 Å². The highest BCUT2D eigenvalue weighted by atomic mass is 127. The standard InChI is InChI=1S/C13H9ClIN3/c14-8-4-3-6-10-12(8)18(13(16)17-10)11-7-2-1-5-9(11)15/h1-7H,(H2,16,17). The van der Waals surface area contributed by atoms with E-state index in [-0.39, 0.29) is 0 Å². The maximum atomic E-state index is 6.26. The second-order valence-corrected chi connectivity index (χ2v) is 5.43. The zero-order chi connectivity index (χ0) is 12.7. The normalized spacial score (nSPS) is 11.0. The van der Waals surface area contributed by atoms with Crippen LogP contribution in [0.1, 0.15) is 0 Å². The third-order valence-corrected chi connectivity index (χ3v) is 3.96. The predicted octanol–water partition coefficient (Wildman–Crippen LogP) is 3.87. The minimum absolute atomic E-state index is 0.446. The first-order valence-electron chi connectivity index (χ1n) is 5.36. The number of nitrogens with zero attached hydrogens (tertiary/aromatic N) is 2. The maximum absolute atomic E-state index is 6.26. The lowest BCUT2D eigenvalue weighted by atomic mass is 10.3. The second kappa shape index (κ2) is 4.44. The highest BCUT2D eigenvalue weighted by Crippen LogP contribution is 2.30. The zero-order valence-electron chi connectivity index (χ0n) is 9.27. The molecule has 0 aliphatic carbocycles. The van der Waals surface area contributed by atoms with Gasteiger partial charge in [0, 0.05) is 3.57 Å². The summed E-state index contributed by atoms with van der Waals surface area (Å²) < 4.78 is 2.99. The summed E-state index contributed by atoms with van der Waals surface area (Å²) in [5, 5.41) is 0.649. The molecule has 0 fully saturated rings. The predicted molar refractivity (Wildman–Crippen MR) is 83.2 cm³/mol. The molecular formula is C13H9ClIN3. The van der Waals surface area contributed by atoms with Crippen molar-refractivity contribution in [1.82, 2.24) is 9.55 Å². The summed E-state index contributed by atoms with van der Waals surface area (Å²) in [6.45, 7) is 0. The molecule has 0 aliphatic rings. The van der Waals surface area contributed by atoms with E-state index in [4.69, 9.17) is 17.3 Å². The number of fused-ring (bicyclic) bond motifs is 1. The molecule has 0 bridgehead atoms. The summed E-state index contributed by atoms with van der Waals surface area (Å²) in [4.78, 5) is 4.34. The number of para-hydroxylation sites is 2. The van der Waals surface area contributed by atoms with E-state index in [0.717, 1.165) is 20.3 Å². The Bertz CT molecular complexity index is 736. The Morgan fingerprint density at radius 1 is 1.11 bits per heavy atom. The quantitative estimate of drug-likeness (QED) is 0.662. The van der Waals surface area contributed by atoms with Gasteiger partial charge in [-0.2, -0.15) is 0 Å². The lowest BCUT2D eigenvalue weighted by molar-refractivity contribution is 1.10. The van der Waals surface area contributed by atoms with E-state index in [1.807, 2.05) is 47.0 Å². The van der Waals surface area contributed by atoms with Crippen molar-refractivity contribution < 1.29 is 0 Å². The SMILES string of the molecule is Nc1nc2cccc(Cl)c2n1-c1ccccc1I. The van der Waals surface area contributed by atoms with Crippen LogP contribution in [0.25, 0.3) is 16.7 Å². The molecule has 0 amide bonds. The van der Waals surface area contributed by atoms with Crippen LogP contribution in [-0.2, 0) is 0 Å². The molecule has 18 heavy (non-hydrogen) atoms. The number of nitrogens with two attached hydrogens (primary N) is 1. The van der Waals surface area contributed by atoms with Crippen LogP contribution in [0.15, 0.2) is 42.5 Å². The molecule has 0 atom stereocenters. The molecule has 1 heterocycles. The number of anilines is 1.